The van der Waals surface area contributed by atoms with E-state index in [4.69, 9.17) is 10.5 Å². The van der Waals surface area contributed by atoms with E-state index in [0.29, 0.717) is 26.1 Å². The van der Waals surface area contributed by atoms with Crippen LogP contribution in [0.15, 0.2) is 17.0 Å². The minimum absolute atomic E-state index is 0.0344. The highest BCUT2D eigenvalue weighted by Crippen LogP contribution is 2.20. The molecule has 0 radical (unpaired) electrons. The van der Waals surface area contributed by atoms with Crippen molar-refractivity contribution in [3.8, 4) is 0 Å². The number of nitrogens with two attached hydrogens (primary N) is 1. The van der Waals surface area contributed by atoms with Crippen LogP contribution in [0, 0.1) is 12.7 Å². The maximum absolute atomic E-state index is 13.7. The largest absolute Gasteiger partial charge is 0.381 e. The van der Waals surface area contributed by atoms with Crippen LogP contribution in [-0.2, 0) is 21.3 Å². The predicted octanol–water partition coefficient (Wildman–Crippen LogP) is 1.05. The zero-order valence-electron chi connectivity index (χ0n) is 11.4. The van der Waals surface area contributed by atoms with Crippen LogP contribution < -0.4 is 10.5 Å². The minimum atomic E-state index is -3.66. The zero-order chi connectivity index (χ0) is 14.8. The molecule has 5 nitrogen and oxygen atoms in total. The summed E-state index contributed by atoms with van der Waals surface area (Å²) in [6.07, 6.45) is 1.28. The third kappa shape index (κ3) is 3.35. The Morgan fingerprint density at radius 1 is 1.40 bits per heavy atom. The summed E-state index contributed by atoms with van der Waals surface area (Å²) in [5.74, 6) is -0.447. The van der Waals surface area contributed by atoms with Gasteiger partial charge >= 0.3 is 0 Å². The van der Waals surface area contributed by atoms with Crippen molar-refractivity contribution >= 4 is 10.0 Å². The second-order valence-electron chi connectivity index (χ2n) is 4.93. The highest BCUT2D eigenvalue weighted by atomic mass is 32.2. The van der Waals surface area contributed by atoms with Gasteiger partial charge in [0.1, 0.15) is 5.82 Å². The number of halogens is 1. The highest BCUT2D eigenvalue weighted by molar-refractivity contribution is 7.89. The molecule has 0 bridgehead atoms. The van der Waals surface area contributed by atoms with E-state index in [-0.39, 0.29) is 28.6 Å². The first kappa shape index (κ1) is 15.4. The summed E-state index contributed by atoms with van der Waals surface area (Å²) in [6, 6.07) is 2.49. The van der Waals surface area contributed by atoms with Crippen LogP contribution in [0.1, 0.15) is 24.0 Å². The summed E-state index contributed by atoms with van der Waals surface area (Å²) >= 11 is 0. The van der Waals surface area contributed by atoms with E-state index in [1.807, 2.05) is 0 Å². The lowest BCUT2D eigenvalue weighted by molar-refractivity contribution is 0.0832. The molecule has 1 aromatic carbocycles. The van der Waals surface area contributed by atoms with Crippen molar-refractivity contribution in [3.63, 3.8) is 0 Å². The molecule has 7 heteroatoms. The Balaban J connectivity index is 2.26. The molecule has 1 aliphatic heterocycles. The third-order valence-electron chi connectivity index (χ3n) is 3.38. The molecule has 0 atom stereocenters. The summed E-state index contributed by atoms with van der Waals surface area (Å²) in [6.45, 7) is 2.59. The number of rotatable bonds is 4. The number of ether oxygens (including phenoxy) is 1. The Morgan fingerprint density at radius 3 is 2.65 bits per heavy atom. The van der Waals surface area contributed by atoms with E-state index < -0.39 is 15.8 Å². The van der Waals surface area contributed by atoms with Crippen LogP contribution in [0.2, 0.25) is 0 Å². The Bertz CT molecular complexity index is 584. The van der Waals surface area contributed by atoms with Crippen molar-refractivity contribution in [3.05, 3.63) is 29.1 Å². The van der Waals surface area contributed by atoms with E-state index in [2.05, 4.69) is 4.72 Å². The molecule has 0 aromatic heterocycles. The van der Waals surface area contributed by atoms with Crippen LogP contribution >= 0.6 is 0 Å². The van der Waals surface area contributed by atoms with Gasteiger partial charge in [0, 0.05) is 31.4 Å². The van der Waals surface area contributed by atoms with Crippen LogP contribution in [0.3, 0.4) is 0 Å². The maximum Gasteiger partial charge on any atom is 0.240 e. The Hall–Kier alpha value is -1.02. The van der Waals surface area contributed by atoms with Gasteiger partial charge in [-0.2, -0.15) is 0 Å². The standard InChI is InChI=1S/C13H19FN2O3S/c1-9-6-12(7-10(8-15)13(9)14)20(17,18)16-11-2-4-19-5-3-11/h6-7,11,16H,2-5,8,15H2,1H3. The first-order valence-corrected chi connectivity index (χ1v) is 8.01. The first-order chi connectivity index (χ1) is 9.44. The molecule has 1 fully saturated rings. The van der Waals surface area contributed by atoms with E-state index in [0.717, 1.165) is 0 Å². The predicted molar refractivity (Wildman–Crippen MR) is 73.2 cm³/mol. The van der Waals surface area contributed by atoms with E-state index in [1.54, 1.807) is 0 Å². The van der Waals surface area contributed by atoms with Gasteiger partial charge in [-0.25, -0.2) is 17.5 Å². The third-order valence-corrected chi connectivity index (χ3v) is 4.88. The average molecular weight is 302 g/mol. The van der Waals surface area contributed by atoms with Gasteiger partial charge in [0.15, 0.2) is 0 Å². The van der Waals surface area contributed by atoms with Crippen LogP contribution in [0.25, 0.3) is 0 Å². The normalized spacial score (nSPS) is 17.4. The van der Waals surface area contributed by atoms with E-state index >= 15 is 0 Å². The summed E-state index contributed by atoms with van der Waals surface area (Å²) in [5.41, 5.74) is 5.93. The molecule has 0 amide bonds. The van der Waals surface area contributed by atoms with Crippen molar-refractivity contribution in [2.45, 2.75) is 37.2 Å². The van der Waals surface area contributed by atoms with Crippen molar-refractivity contribution in [1.82, 2.24) is 4.72 Å². The van der Waals surface area contributed by atoms with Crippen molar-refractivity contribution in [2.24, 2.45) is 5.73 Å². The van der Waals surface area contributed by atoms with Crippen molar-refractivity contribution in [2.75, 3.05) is 13.2 Å². The molecule has 0 saturated carbocycles. The Kier molecular flexibility index (Phi) is 4.74. The number of sulfonamides is 1. The molecule has 0 spiro atoms. The molecule has 1 aliphatic rings. The lowest BCUT2D eigenvalue weighted by Gasteiger charge is -2.23. The Labute approximate surface area is 118 Å². The second-order valence-corrected chi connectivity index (χ2v) is 6.64. The van der Waals surface area contributed by atoms with E-state index in [9.17, 15) is 12.8 Å². The molecule has 0 aliphatic carbocycles. The summed E-state index contributed by atoms with van der Waals surface area (Å²) < 4.78 is 46.2. The molecule has 1 heterocycles. The lowest BCUT2D eigenvalue weighted by Crippen LogP contribution is -2.38. The van der Waals surface area contributed by atoms with Gasteiger partial charge in [0.05, 0.1) is 4.90 Å². The SMILES string of the molecule is Cc1cc(S(=O)(=O)NC2CCOCC2)cc(CN)c1F. The molecule has 1 saturated heterocycles. The van der Waals surface area contributed by atoms with Gasteiger partial charge in [-0.1, -0.05) is 0 Å². The van der Waals surface area contributed by atoms with Crippen molar-refractivity contribution < 1.29 is 17.5 Å². The summed E-state index contributed by atoms with van der Waals surface area (Å²) in [7, 11) is -3.66. The number of benzene rings is 1. The van der Waals surface area contributed by atoms with Crippen LogP contribution in [-0.4, -0.2) is 27.7 Å². The quantitative estimate of drug-likeness (QED) is 0.871. The molecular formula is C13H19FN2O3S. The maximum atomic E-state index is 13.7. The average Bonchev–Trinajstić information content (AvgIpc) is 2.42. The van der Waals surface area contributed by atoms with Gasteiger partial charge in [0.2, 0.25) is 10.0 Å². The minimum Gasteiger partial charge on any atom is -0.381 e. The highest BCUT2D eigenvalue weighted by Gasteiger charge is 2.23. The van der Waals surface area contributed by atoms with Gasteiger partial charge in [-0.3, -0.25) is 0 Å². The fraction of sp³-hybridized carbons (Fsp3) is 0.538. The molecule has 0 unspecified atom stereocenters. The molecule has 2 rings (SSSR count). The van der Waals surface area contributed by atoms with Gasteiger partial charge < -0.3 is 10.5 Å². The number of aryl methyl sites for hydroxylation is 1. The zero-order valence-corrected chi connectivity index (χ0v) is 12.2. The molecular weight excluding hydrogens is 283 g/mol. The lowest BCUT2D eigenvalue weighted by atomic mass is 10.1. The molecule has 112 valence electrons. The number of hydrogen-bond acceptors (Lipinski definition) is 4. The second kappa shape index (κ2) is 6.17. The van der Waals surface area contributed by atoms with Gasteiger partial charge in [0.25, 0.3) is 0 Å². The monoisotopic (exact) mass is 302 g/mol. The topological polar surface area (TPSA) is 81.4 Å². The molecule has 3 N–H and O–H groups in total. The number of nitrogens with one attached hydrogen (secondary N) is 1. The first-order valence-electron chi connectivity index (χ1n) is 6.53. The van der Waals surface area contributed by atoms with Gasteiger partial charge in [-0.15, -0.1) is 0 Å². The number of hydrogen-bond donors (Lipinski definition) is 2. The van der Waals surface area contributed by atoms with Crippen LogP contribution in [0.4, 0.5) is 4.39 Å². The van der Waals surface area contributed by atoms with E-state index in [1.165, 1.54) is 19.1 Å². The fourth-order valence-corrected chi connectivity index (χ4v) is 3.65. The smallest absolute Gasteiger partial charge is 0.240 e. The van der Waals surface area contributed by atoms with Crippen LogP contribution in [0.5, 0.6) is 0 Å². The van der Waals surface area contributed by atoms with Gasteiger partial charge in [-0.05, 0) is 37.5 Å². The summed E-state index contributed by atoms with van der Waals surface area (Å²) in [4.78, 5) is 0.0586. The Morgan fingerprint density at radius 2 is 2.05 bits per heavy atom. The summed E-state index contributed by atoms with van der Waals surface area (Å²) in [5, 5.41) is 0. The van der Waals surface area contributed by atoms with Crippen molar-refractivity contribution in [1.29, 1.82) is 0 Å². The molecule has 1 aromatic rings. The fourth-order valence-electron chi connectivity index (χ4n) is 2.21. The molecule has 20 heavy (non-hydrogen) atoms.